The van der Waals surface area contributed by atoms with Gasteiger partial charge in [0.1, 0.15) is 5.75 Å². The van der Waals surface area contributed by atoms with E-state index in [-0.39, 0.29) is 23.0 Å². The van der Waals surface area contributed by atoms with Crippen LogP contribution in [0.2, 0.25) is 0 Å². The molecule has 0 saturated heterocycles. The third kappa shape index (κ3) is 2.75. The van der Waals surface area contributed by atoms with Crippen LogP contribution in [0.15, 0.2) is 18.2 Å². The first-order chi connectivity index (χ1) is 9.99. The Kier molecular flexibility index (Phi) is 4.27. The van der Waals surface area contributed by atoms with Gasteiger partial charge in [-0.15, -0.1) is 0 Å². The number of likely N-dealkylation sites (N-methyl/N-ethyl adjacent to an activating group) is 1. The lowest BCUT2D eigenvalue weighted by atomic mass is 10.3. The first-order valence-corrected chi connectivity index (χ1v) is 6.72. The van der Waals surface area contributed by atoms with Crippen molar-refractivity contribution in [1.82, 2.24) is 5.10 Å². The molecule has 0 amide bonds. The van der Waals surface area contributed by atoms with E-state index in [1.165, 1.54) is 12.1 Å². The van der Waals surface area contributed by atoms with Crippen molar-refractivity contribution in [1.29, 1.82) is 0 Å². The van der Waals surface area contributed by atoms with Crippen LogP contribution >= 0.6 is 0 Å². The molecule has 8 heteroatoms. The van der Waals surface area contributed by atoms with Crippen molar-refractivity contribution in [2.75, 3.05) is 25.1 Å². The number of fused-ring (bicyclic) bond motifs is 1. The number of nitrogens with zero attached hydrogens (tertiary/aromatic N) is 4. The van der Waals surface area contributed by atoms with E-state index in [0.29, 0.717) is 28.5 Å². The lowest BCUT2D eigenvalue weighted by Crippen LogP contribution is -2.50. The van der Waals surface area contributed by atoms with Crippen LogP contribution in [-0.4, -0.2) is 31.3 Å². The molecule has 2 rings (SSSR count). The molecular formula is C13H19N5O3. The molecule has 114 valence electrons. The number of ether oxygens (including phenoxy) is 1. The highest BCUT2D eigenvalue weighted by Gasteiger charge is 2.27. The Bertz CT molecular complexity index is 649. The summed E-state index contributed by atoms with van der Waals surface area (Å²) < 4.78 is 5.98. The number of nitrogens with two attached hydrogens (primary N) is 1. The van der Waals surface area contributed by atoms with Crippen molar-refractivity contribution >= 4 is 17.0 Å². The largest absolute Gasteiger partial charge is 0.739 e. The summed E-state index contributed by atoms with van der Waals surface area (Å²) in [6.07, 6.45) is 0. The first-order valence-electron chi connectivity index (χ1n) is 6.72. The SMILES string of the molecule is CCOc1ccc2c(c1)[n+]([O-])c(N(C)C(C)CN)n[n+]2[O-]. The fourth-order valence-electron chi connectivity index (χ4n) is 1.94. The second-order valence-electron chi connectivity index (χ2n) is 4.75. The summed E-state index contributed by atoms with van der Waals surface area (Å²) in [5.41, 5.74) is 5.98. The Morgan fingerprint density at radius 3 is 2.71 bits per heavy atom. The lowest BCUT2D eigenvalue weighted by Gasteiger charge is -2.20. The Labute approximate surface area is 122 Å². The van der Waals surface area contributed by atoms with Crippen LogP contribution in [-0.2, 0) is 0 Å². The second kappa shape index (κ2) is 5.96. The molecule has 1 unspecified atom stereocenters. The van der Waals surface area contributed by atoms with Gasteiger partial charge in [0.2, 0.25) is 5.10 Å². The van der Waals surface area contributed by atoms with Gasteiger partial charge in [0.25, 0.3) is 5.52 Å². The molecule has 8 nitrogen and oxygen atoms in total. The van der Waals surface area contributed by atoms with Crippen molar-refractivity contribution in [2.24, 2.45) is 5.73 Å². The monoisotopic (exact) mass is 293 g/mol. The third-order valence-corrected chi connectivity index (χ3v) is 3.36. The van der Waals surface area contributed by atoms with Crippen molar-refractivity contribution in [3.05, 3.63) is 28.6 Å². The molecule has 0 aliphatic carbocycles. The fourth-order valence-corrected chi connectivity index (χ4v) is 1.94. The van der Waals surface area contributed by atoms with E-state index in [1.807, 2.05) is 13.8 Å². The van der Waals surface area contributed by atoms with Crippen molar-refractivity contribution < 1.29 is 14.3 Å². The predicted molar refractivity (Wildman–Crippen MR) is 77.8 cm³/mol. The van der Waals surface area contributed by atoms with Crippen LogP contribution in [0, 0.1) is 10.4 Å². The second-order valence-corrected chi connectivity index (χ2v) is 4.75. The van der Waals surface area contributed by atoms with E-state index in [0.717, 1.165) is 0 Å². The summed E-state index contributed by atoms with van der Waals surface area (Å²) in [5, 5.41) is 28.2. The zero-order valence-electron chi connectivity index (χ0n) is 12.3. The van der Waals surface area contributed by atoms with Gasteiger partial charge < -0.3 is 20.9 Å². The smallest absolute Gasteiger partial charge is 0.463 e. The minimum atomic E-state index is -0.120. The molecule has 2 aromatic rings. The highest BCUT2D eigenvalue weighted by Crippen LogP contribution is 2.17. The fraction of sp³-hybridized carbons (Fsp3) is 0.462. The summed E-state index contributed by atoms with van der Waals surface area (Å²) in [4.78, 5) is 2.02. The van der Waals surface area contributed by atoms with Crippen LogP contribution in [0.25, 0.3) is 11.0 Å². The minimum absolute atomic E-state index is 0.00379. The number of hydrogen-bond acceptors (Lipinski definition) is 6. The Hall–Kier alpha value is -2.35. The molecule has 1 aromatic carbocycles. The first kappa shape index (κ1) is 15.0. The summed E-state index contributed by atoms with van der Waals surface area (Å²) in [6.45, 7) is 4.51. The molecule has 0 spiro atoms. The zero-order valence-corrected chi connectivity index (χ0v) is 12.3. The van der Waals surface area contributed by atoms with Crippen molar-refractivity contribution in [3.63, 3.8) is 0 Å². The van der Waals surface area contributed by atoms with E-state index >= 15 is 0 Å². The summed E-state index contributed by atoms with van der Waals surface area (Å²) in [5.74, 6) is 0.533. The summed E-state index contributed by atoms with van der Waals surface area (Å²) >= 11 is 0. The maximum Gasteiger partial charge on any atom is 0.463 e. The molecule has 1 aromatic heterocycles. The predicted octanol–water partition coefficient (Wildman–Crippen LogP) is -0.316. The van der Waals surface area contributed by atoms with Crippen LogP contribution in [0.3, 0.4) is 0 Å². The molecule has 0 bridgehead atoms. The van der Waals surface area contributed by atoms with Crippen LogP contribution in [0.1, 0.15) is 13.8 Å². The van der Waals surface area contributed by atoms with E-state index in [1.54, 1.807) is 18.0 Å². The molecule has 0 fully saturated rings. The van der Waals surface area contributed by atoms with E-state index < -0.39 is 0 Å². The van der Waals surface area contributed by atoms with Gasteiger partial charge in [-0.25, -0.2) is 4.73 Å². The van der Waals surface area contributed by atoms with E-state index in [9.17, 15) is 10.4 Å². The lowest BCUT2D eigenvalue weighted by molar-refractivity contribution is -0.673. The van der Waals surface area contributed by atoms with Crippen LogP contribution in [0.5, 0.6) is 5.75 Å². The minimum Gasteiger partial charge on any atom is -0.739 e. The van der Waals surface area contributed by atoms with Gasteiger partial charge in [0, 0.05) is 23.5 Å². The van der Waals surface area contributed by atoms with Gasteiger partial charge in [0.05, 0.1) is 19.7 Å². The topological polar surface area (TPSA) is 105 Å². The molecule has 0 aliphatic rings. The molecule has 21 heavy (non-hydrogen) atoms. The van der Waals surface area contributed by atoms with Crippen LogP contribution in [0.4, 0.5) is 5.95 Å². The van der Waals surface area contributed by atoms with Gasteiger partial charge in [-0.1, -0.05) is 0 Å². The highest BCUT2D eigenvalue weighted by atomic mass is 16.5. The summed E-state index contributed by atoms with van der Waals surface area (Å²) in [6, 6.07) is 4.57. The molecule has 0 aliphatic heterocycles. The zero-order chi connectivity index (χ0) is 15.6. The van der Waals surface area contributed by atoms with Gasteiger partial charge in [0.15, 0.2) is 5.52 Å². The maximum absolute atomic E-state index is 12.5. The maximum atomic E-state index is 12.5. The number of hydrogen-bond donors (Lipinski definition) is 1. The quantitative estimate of drug-likeness (QED) is 0.598. The third-order valence-electron chi connectivity index (χ3n) is 3.36. The average Bonchev–Trinajstić information content (AvgIpc) is 2.49. The molecular weight excluding hydrogens is 274 g/mol. The van der Waals surface area contributed by atoms with Gasteiger partial charge in [-0.2, -0.15) is 0 Å². The van der Waals surface area contributed by atoms with Gasteiger partial charge in [-0.05, 0) is 19.9 Å². The van der Waals surface area contributed by atoms with E-state index in [4.69, 9.17) is 10.5 Å². The number of anilines is 1. The Morgan fingerprint density at radius 2 is 2.10 bits per heavy atom. The number of aromatic nitrogens is 3. The van der Waals surface area contributed by atoms with Gasteiger partial charge in [-0.3, -0.25) is 4.90 Å². The Balaban J connectivity index is 2.61. The average molecular weight is 293 g/mol. The molecule has 2 N–H and O–H groups in total. The van der Waals surface area contributed by atoms with Gasteiger partial charge >= 0.3 is 5.95 Å². The molecule has 1 atom stereocenters. The van der Waals surface area contributed by atoms with Crippen molar-refractivity contribution in [2.45, 2.75) is 19.9 Å². The highest BCUT2D eigenvalue weighted by molar-refractivity contribution is 5.70. The molecule has 0 saturated carbocycles. The van der Waals surface area contributed by atoms with Crippen molar-refractivity contribution in [3.8, 4) is 5.75 Å². The standard InChI is InChI=1S/C13H19N5O3/c1-4-21-10-5-6-11-12(7-10)17(19)13(15-18(11)20)16(3)9(2)8-14/h5-7,9H,4,8,14H2,1-3H3. The number of rotatable bonds is 5. The van der Waals surface area contributed by atoms with E-state index in [2.05, 4.69) is 5.10 Å². The molecule has 1 heterocycles. The Morgan fingerprint density at radius 1 is 1.38 bits per heavy atom. The summed E-state index contributed by atoms with van der Waals surface area (Å²) in [7, 11) is 1.67. The van der Waals surface area contributed by atoms with Crippen LogP contribution < -0.4 is 24.9 Å². The number of benzene rings is 1. The normalized spacial score (nSPS) is 12.4. The molecule has 0 radical (unpaired) electrons.